The second-order valence-corrected chi connectivity index (χ2v) is 4.29. The predicted octanol–water partition coefficient (Wildman–Crippen LogP) is 2.34. The minimum absolute atomic E-state index is 0.177. The normalized spacial score (nSPS) is 10.8. The number of amides is 1. The average molecular weight is 218 g/mol. The van der Waals surface area contributed by atoms with Crippen LogP contribution in [0.3, 0.4) is 0 Å². The third-order valence-electron chi connectivity index (χ3n) is 2.30. The molecular formula is C13H18N2O. The molecule has 16 heavy (non-hydrogen) atoms. The maximum absolute atomic E-state index is 11.9. The largest absolute Gasteiger partial charge is 0.369 e. The summed E-state index contributed by atoms with van der Waals surface area (Å²) in [5, 5.41) is 0. The van der Waals surface area contributed by atoms with Crippen LogP contribution < -0.4 is 0 Å². The van der Waals surface area contributed by atoms with Crippen LogP contribution in [0.15, 0.2) is 17.1 Å². The lowest BCUT2D eigenvalue weighted by Gasteiger charge is -2.08. The summed E-state index contributed by atoms with van der Waals surface area (Å²) in [7, 11) is 3.68. The van der Waals surface area contributed by atoms with Crippen LogP contribution in [0.2, 0.25) is 0 Å². The lowest BCUT2D eigenvalue weighted by molar-refractivity contribution is 0.100. The van der Waals surface area contributed by atoms with Crippen molar-refractivity contribution < 1.29 is 4.79 Å². The summed E-state index contributed by atoms with van der Waals surface area (Å²) >= 11 is 0. The van der Waals surface area contributed by atoms with E-state index in [0.717, 1.165) is 11.1 Å². The Morgan fingerprint density at radius 3 is 2.12 bits per heavy atom. The van der Waals surface area contributed by atoms with Crippen molar-refractivity contribution >= 4 is 12.2 Å². The standard InChI is InChI=1S/C13H18N2O/c1-9-6-10(2)12(11(3)7-9)13(16)14-8-15(4)5/h6-8H,1-5H3. The minimum atomic E-state index is -0.177. The van der Waals surface area contributed by atoms with Gasteiger partial charge in [-0.15, -0.1) is 0 Å². The lowest BCUT2D eigenvalue weighted by atomic mass is 9.99. The summed E-state index contributed by atoms with van der Waals surface area (Å²) in [6, 6.07) is 4.01. The van der Waals surface area contributed by atoms with Gasteiger partial charge in [0.1, 0.15) is 0 Å². The fourth-order valence-electron chi connectivity index (χ4n) is 1.75. The SMILES string of the molecule is Cc1cc(C)c(C(=O)N=CN(C)C)c(C)c1. The molecule has 86 valence electrons. The van der Waals surface area contributed by atoms with E-state index in [9.17, 15) is 4.79 Å². The molecule has 0 saturated heterocycles. The minimum Gasteiger partial charge on any atom is -0.369 e. The average Bonchev–Trinajstić information content (AvgIpc) is 2.12. The molecule has 0 heterocycles. The fourth-order valence-corrected chi connectivity index (χ4v) is 1.75. The summed E-state index contributed by atoms with van der Waals surface area (Å²) < 4.78 is 0. The first-order valence-electron chi connectivity index (χ1n) is 5.24. The molecule has 0 fully saturated rings. The van der Waals surface area contributed by atoms with Crippen molar-refractivity contribution in [3.05, 3.63) is 34.4 Å². The maximum Gasteiger partial charge on any atom is 0.278 e. The Balaban J connectivity index is 3.09. The molecule has 0 N–H and O–H groups in total. The highest BCUT2D eigenvalue weighted by molar-refractivity contribution is 6.01. The second kappa shape index (κ2) is 4.92. The van der Waals surface area contributed by atoms with Gasteiger partial charge in [-0.05, 0) is 31.9 Å². The zero-order valence-electron chi connectivity index (χ0n) is 10.5. The summed E-state index contributed by atoms with van der Waals surface area (Å²) in [6.45, 7) is 5.91. The number of hydrogen-bond donors (Lipinski definition) is 0. The molecule has 1 amide bonds. The number of benzene rings is 1. The highest BCUT2D eigenvalue weighted by atomic mass is 16.1. The van der Waals surface area contributed by atoms with Crippen molar-refractivity contribution in [2.24, 2.45) is 4.99 Å². The molecule has 0 bridgehead atoms. The van der Waals surface area contributed by atoms with Gasteiger partial charge in [-0.2, -0.15) is 4.99 Å². The van der Waals surface area contributed by atoms with Crippen molar-refractivity contribution in [1.82, 2.24) is 4.90 Å². The smallest absolute Gasteiger partial charge is 0.278 e. The molecule has 3 heteroatoms. The Bertz CT molecular complexity index is 411. The first-order valence-corrected chi connectivity index (χ1v) is 5.24. The number of aryl methyl sites for hydroxylation is 3. The van der Waals surface area contributed by atoms with Crippen molar-refractivity contribution in [2.75, 3.05) is 14.1 Å². The highest BCUT2D eigenvalue weighted by Gasteiger charge is 2.11. The van der Waals surface area contributed by atoms with Crippen LogP contribution in [-0.2, 0) is 0 Å². The molecule has 0 saturated carbocycles. The van der Waals surface area contributed by atoms with Gasteiger partial charge < -0.3 is 4.90 Å². The van der Waals surface area contributed by atoms with Crippen molar-refractivity contribution in [1.29, 1.82) is 0 Å². The van der Waals surface area contributed by atoms with Crippen molar-refractivity contribution in [3.63, 3.8) is 0 Å². The van der Waals surface area contributed by atoms with E-state index in [0.29, 0.717) is 5.56 Å². The highest BCUT2D eigenvalue weighted by Crippen LogP contribution is 2.17. The van der Waals surface area contributed by atoms with Gasteiger partial charge in [0.15, 0.2) is 0 Å². The van der Waals surface area contributed by atoms with Gasteiger partial charge in [-0.25, -0.2) is 0 Å². The van der Waals surface area contributed by atoms with Crippen molar-refractivity contribution in [3.8, 4) is 0 Å². The number of hydrogen-bond acceptors (Lipinski definition) is 1. The Labute approximate surface area is 96.8 Å². The van der Waals surface area contributed by atoms with E-state index in [2.05, 4.69) is 4.99 Å². The van der Waals surface area contributed by atoms with E-state index in [-0.39, 0.29) is 5.91 Å². The summed E-state index contributed by atoms with van der Waals surface area (Å²) in [5.74, 6) is -0.177. The Morgan fingerprint density at radius 2 is 1.69 bits per heavy atom. The van der Waals surface area contributed by atoms with Crippen LogP contribution in [0.5, 0.6) is 0 Å². The Kier molecular flexibility index (Phi) is 3.82. The summed E-state index contributed by atoms with van der Waals surface area (Å²) in [4.78, 5) is 17.5. The van der Waals surface area contributed by atoms with Crippen LogP contribution in [0.1, 0.15) is 27.0 Å². The fraction of sp³-hybridized carbons (Fsp3) is 0.385. The molecular weight excluding hydrogens is 200 g/mol. The molecule has 0 aliphatic carbocycles. The second-order valence-electron chi connectivity index (χ2n) is 4.29. The number of aliphatic imine (C=N–C) groups is 1. The van der Waals surface area contributed by atoms with Gasteiger partial charge >= 0.3 is 0 Å². The molecule has 3 nitrogen and oxygen atoms in total. The molecule has 1 aromatic carbocycles. The van der Waals surface area contributed by atoms with Crippen LogP contribution in [0.25, 0.3) is 0 Å². The molecule has 0 unspecified atom stereocenters. The third-order valence-corrected chi connectivity index (χ3v) is 2.30. The summed E-state index contributed by atoms with van der Waals surface area (Å²) in [5.41, 5.74) is 3.85. The third kappa shape index (κ3) is 2.92. The van der Waals surface area contributed by atoms with Crippen LogP contribution in [0, 0.1) is 20.8 Å². The van der Waals surface area contributed by atoms with Gasteiger partial charge in [0.2, 0.25) is 0 Å². The molecule has 1 rings (SSSR count). The Morgan fingerprint density at radius 1 is 1.19 bits per heavy atom. The molecule has 0 aliphatic rings. The predicted molar refractivity (Wildman–Crippen MR) is 67.2 cm³/mol. The van der Waals surface area contributed by atoms with E-state index < -0.39 is 0 Å². The number of rotatable bonds is 2. The van der Waals surface area contributed by atoms with Crippen LogP contribution >= 0.6 is 0 Å². The van der Waals surface area contributed by atoms with Gasteiger partial charge in [0.25, 0.3) is 5.91 Å². The van der Waals surface area contributed by atoms with E-state index in [1.54, 1.807) is 4.90 Å². The van der Waals surface area contributed by atoms with Gasteiger partial charge in [0, 0.05) is 19.7 Å². The molecule has 0 atom stereocenters. The first-order chi connectivity index (χ1) is 7.41. The van der Waals surface area contributed by atoms with E-state index in [4.69, 9.17) is 0 Å². The Hall–Kier alpha value is -1.64. The molecule has 0 radical (unpaired) electrons. The molecule has 1 aromatic rings. The van der Waals surface area contributed by atoms with Gasteiger partial charge in [0.05, 0.1) is 6.34 Å². The number of nitrogens with zero attached hydrogens (tertiary/aromatic N) is 2. The van der Waals surface area contributed by atoms with Crippen LogP contribution in [-0.4, -0.2) is 31.2 Å². The molecule has 0 spiro atoms. The van der Waals surface area contributed by atoms with Gasteiger partial charge in [-0.3, -0.25) is 4.79 Å². The van der Waals surface area contributed by atoms with Crippen molar-refractivity contribution in [2.45, 2.75) is 20.8 Å². The zero-order valence-corrected chi connectivity index (χ0v) is 10.5. The summed E-state index contributed by atoms with van der Waals surface area (Å²) in [6.07, 6.45) is 1.53. The van der Waals surface area contributed by atoms with Crippen LogP contribution in [0.4, 0.5) is 0 Å². The van der Waals surface area contributed by atoms with E-state index in [1.807, 2.05) is 47.0 Å². The number of carbonyl (C=O) groups excluding carboxylic acids is 1. The molecule has 0 aliphatic heterocycles. The topological polar surface area (TPSA) is 32.7 Å². The number of carbonyl (C=O) groups is 1. The van der Waals surface area contributed by atoms with E-state index >= 15 is 0 Å². The zero-order chi connectivity index (χ0) is 12.3. The lowest BCUT2D eigenvalue weighted by Crippen LogP contribution is -2.11. The first kappa shape index (κ1) is 12.4. The quantitative estimate of drug-likeness (QED) is 0.564. The maximum atomic E-state index is 11.9. The monoisotopic (exact) mass is 218 g/mol. The van der Waals surface area contributed by atoms with E-state index in [1.165, 1.54) is 11.9 Å². The van der Waals surface area contributed by atoms with Gasteiger partial charge in [-0.1, -0.05) is 17.7 Å². The molecule has 0 aromatic heterocycles.